The Labute approximate surface area is 151 Å². The largest absolute Gasteiger partial charge is 0.485 e. The van der Waals surface area contributed by atoms with Crippen LogP contribution in [0.25, 0.3) is 0 Å². The van der Waals surface area contributed by atoms with E-state index in [1.165, 1.54) is 16.8 Å². The molecule has 7 nitrogen and oxygen atoms in total. The maximum atomic E-state index is 6.16. The van der Waals surface area contributed by atoms with Crippen LogP contribution in [-0.4, -0.2) is 38.0 Å². The van der Waals surface area contributed by atoms with Gasteiger partial charge in [0.25, 0.3) is 0 Å². The molecule has 134 valence electrons. The lowest BCUT2D eigenvalue weighted by Gasteiger charge is -2.29. The smallest absolute Gasteiger partial charge is 0.177 e. The van der Waals surface area contributed by atoms with Gasteiger partial charge in [-0.2, -0.15) is 10.2 Å². The van der Waals surface area contributed by atoms with Crippen molar-refractivity contribution in [3.8, 4) is 11.5 Å². The van der Waals surface area contributed by atoms with E-state index < -0.39 is 0 Å². The standard InChI is InChI=1S/C19H21N5O2/c1-23-9-13(8-20-23)10-24-7-6-15-14(11-24)19(22-21-15)18-12-25-16-4-2-3-5-17(16)26-18/h2-5,8-9,18H,6-7,10-12H2,1H3,(H,21,22)/t18-/m1/s1. The van der Waals surface area contributed by atoms with E-state index in [1.54, 1.807) is 0 Å². The molecule has 1 aromatic carbocycles. The molecule has 0 unspecified atom stereocenters. The number of nitrogens with one attached hydrogen (secondary N) is 1. The van der Waals surface area contributed by atoms with Crippen molar-refractivity contribution in [3.05, 3.63) is 59.2 Å². The van der Waals surface area contributed by atoms with Crippen LogP contribution in [0.2, 0.25) is 0 Å². The molecule has 26 heavy (non-hydrogen) atoms. The number of aromatic amines is 1. The highest BCUT2D eigenvalue weighted by Crippen LogP contribution is 2.37. The van der Waals surface area contributed by atoms with Gasteiger partial charge in [0, 0.05) is 56.1 Å². The molecule has 0 aliphatic carbocycles. The van der Waals surface area contributed by atoms with Crippen molar-refractivity contribution in [2.75, 3.05) is 13.2 Å². The Kier molecular flexibility index (Phi) is 3.67. The van der Waals surface area contributed by atoms with Gasteiger partial charge in [-0.05, 0) is 12.1 Å². The Bertz CT molecular complexity index is 932. The van der Waals surface area contributed by atoms with Crippen LogP contribution in [0.5, 0.6) is 11.5 Å². The van der Waals surface area contributed by atoms with E-state index in [-0.39, 0.29) is 6.10 Å². The van der Waals surface area contributed by atoms with Crippen molar-refractivity contribution in [2.45, 2.75) is 25.6 Å². The summed E-state index contributed by atoms with van der Waals surface area (Å²) < 4.78 is 13.9. The van der Waals surface area contributed by atoms with E-state index in [2.05, 4.69) is 26.4 Å². The summed E-state index contributed by atoms with van der Waals surface area (Å²) in [6.45, 7) is 3.24. The zero-order valence-electron chi connectivity index (χ0n) is 14.7. The van der Waals surface area contributed by atoms with Crippen LogP contribution in [0.15, 0.2) is 36.7 Å². The molecule has 2 aliphatic rings. The lowest BCUT2D eigenvalue weighted by atomic mass is 10.0. The van der Waals surface area contributed by atoms with E-state index in [0.29, 0.717) is 6.61 Å². The van der Waals surface area contributed by atoms with Crippen molar-refractivity contribution < 1.29 is 9.47 Å². The van der Waals surface area contributed by atoms with Crippen LogP contribution in [-0.2, 0) is 26.6 Å². The SMILES string of the molecule is Cn1cc(CN2CCc3[nH]nc([C@H]4COc5ccccc5O4)c3C2)cn1. The third-order valence-corrected chi connectivity index (χ3v) is 5.02. The Hall–Kier alpha value is -2.80. The Morgan fingerprint density at radius 2 is 2.15 bits per heavy atom. The maximum absolute atomic E-state index is 6.16. The second kappa shape index (κ2) is 6.17. The van der Waals surface area contributed by atoms with E-state index in [4.69, 9.17) is 9.47 Å². The summed E-state index contributed by atoms with van der Waals surface area (Å²) in [5, 5.41) is 12.0. The van der Waals surface area contributed by atoms with Crippen LogP contribution in [0, 0.1) is 0 Å². The van der Waals surface area contributed by atoms with Crippen molar-refractivity contribution >= 4 is 0 Å². The number of hydrogen-bond acceptors (Lipinski definition) is 5. The summed E-state index contributed by atoms with van der Waals surface area (Å²) in [7, 11) is 1.95. The molecule has 0 saturated heterocycles. The molecular formula is C19H21N5O2. The highest BCUT2D eigenvalue weighted by Gasteiger charge is 2.30. The van der Waals surface area contributed by atoms with Gasteiger partial charge in [-0.25, -0.2) is 0 Å². The van der Waals surface area contributed by atoms with Crippen molar-refractivity contribution in [2.24, 2.45) is 7.05 Å². The van der Waals surface area contributed by atoms with E-state index in [9.17, 15) is 0 Å². The minimum Gasteiger partial charge on any atom is -0.485 e. The van der Waals surface area contributed by atoms with Crippen LogP contribution >= 0.6 is 0 Å². The lowest BCUT2D eigenvalue weighted by molar-refractivity contribution is 0.0867. The summed E-state index contributed by atoms with van der Waals surface area (Å²) >= 11 is 0. The molecule has 0 fully saturated rings. The third kappa shape index (κ3) is 2.74. The summed E-state index contributed by atoms with van der Waals surface area (Å²) in [5.74, 6) is 1.58. The first-order valence-corrected chi connectivity index (χ1v) is 8.90. The number of aromatic nitrogens is 4. The van der Waals surface area contributed by atoms with Gasteiger partial charge in [0.05, 0.1) is 6.20 Å². The van der Waals surface area contributed by atoms with E-state index >= 15 is 0 Å². The number of rotatable bonds is 3. The average Bonchev–Trinajstić information content (AvgIpc) is 3.27. The fourth-order valence-electron chi connectivity index (χ4n) is 3.74. The number of para-hydroxylation sites is 2. The fraction of sp³-hybridized carbons (Fsp3) is 0.368. The van der Waals surface area contributed by atoms with Gasteiger partial charge in [0.1, 0.15) is 12.3 Å². The number of H-pyrrole nitrogens is 1. The monoisotopic (exact) mass is 351 g/mol. The molecule has 0 radical (unpaired) electrons. The number of fused-ring (bicyclic) bond motifs is 2. The molecule has 1 N–H and O–H groups in total. The number of aryl methyl sites for hydroxylation is 1. The van der Waals surface area contributed by atoms with Crippen molar-refractivity contribution in [1.29, 1.82) is 0 Å². The minimum atomic E-state index is -0.178. The molecular weight excluding hydrogens is 330 g/mol. The molecule has 2 aliphatic heterocycles. The molecule has 4 heterocycles. The molecule has 0 amide bonds. The van der Waals surface area contributed by atoms with Crippen LogP contribution in [0.1, 0.15) is 28.6 Å². The minimum absolute atomic E-state index is 0.178. The first kappa shape index (κ1) is 15.5. The molecule has 0 bridgehead atoms. The van der Waals surface area contributed by atoms with Gasteiger partial charge in [-0.15, -0.1) is 0 Å². The first-order valence-electron chi connectivity index (χ1n) is 8.90. The highest BCUT2D eigenvalue weighted by molar-refractivity contribution is 5.42. The topological polar surface area (TPSA) is 68.2 Å². The Morgan fingerprint density at radius 3 is 3.00 bits per heavy atom. The lowest BCUT2D eigenvalue weighted by Crippen LogP contribution is -2.31. The summed E-state index contributed by atoms with van der Waals surface area (Å²) in [5.41, 5.74) is 4.65. The van der Waals surface area contributed by atoms with Crippen molar-refractivity contribution in [1.82, 2.24) is 24.9 Å². The highest BCUT2D eigenvalue weighted by atomic mass is 16.6. The average molecular weight is 351 g/mol. The molecule has 0 spiro atoms. The van der Waals surface area contributed by atoms with Gasteiger partial charge in [-0.3, -0.25) is 14.7 Å². The predicted molar refractivity (Wildman–Crippen MR) is 94.9 cm³/mol. The van der Waals surface area contributed by atoms with Gasteiger partial charge in [0.15, 0.2) is 17.6 Å². The normalized spacial score (nSPS) is 19.3. The predicted octanol–water partition coefficient (Wildman–Crippen LogP) is 2.21. The quantitative estimate of drug-likeness (QED) is 0.784. The molecule has 0 saturated carbocycles. The molecule has 5 rings (SSSR count). The number of hydrogen-bond donors (Lipinski definition) is 1. The zero-order chi connectivity index (χ0) is 17.5. The van der Waals surface area contributed by atoms with Crippen LogP contribution in [0.4, 0.5) is 0 Å². The van der Waals surface area contributed by atoms with Gasteiger partial charge < -0.3 is 9.47 Å². The second-order valence-corrected chi connectivity index (χ2v) is 6.91. The van der Waals surface area contributed by atoms with Gasteiger partial charge in [-0.1, -0.05) is 12.1 Å². The molecule has 2 aromatic heterocycles. The number of nitrogens with zero attached hydrogens (tertiary/aromatic N) is 4. The molecule has 3 aromatic rings. The third-order valence-electron chi connectivity index (χ3n) is 5.02. The molecule has 1 atom stereocenters. The van der Waals surface area contributed by atoms with Gasteiger partial charge in [0.2, 0.25) is 0 Å². The maximum Gasteiger partial charge on any atom is 0.177 e. The summed E-state index contributed by atoms with van der Waals surface area (Å²) in [4.78, 5) is 2.43. The molecule has 7 heteroatoms. The zero-order valence-corrected chi connectivity index (χ0v) is 14.7. The number of benzene rings is 1. The first-order chi connectivity index (χ1) is 12.8. The Balaban J connectivity index is 1.36. The summed E-state index contributed by atoms with van der Waals surface area (Å²) in [6.07, 6.45) is 4.79. The number of ether oxygens (including phenoxy) is 2. The second-order valence-electron chi connectivity index (χ2n) is 6.91. The van der Waals surface area contributed by atoms with E-state index in [1.807, 2.05) is 42.2 Å². The van der Waals surface area contributed by atoms with E-state index in [0.717, 1.165) is 43.2 Å². The fourth-order valence-corrected chi connectivity index (χ4v) is 3.74. The summed E-state index contributed by atoms with van der Waals surface area (Å²) in [6, 6.07) is 7.78. The van der Waals surface area contributed by atoms with Crippen LogP contribution < -0.4 is 9.47 Å². The Morgan fingerprint density at radius 1 is 1.27 bits per heavy atom. The van der Waals surface area contributed by atoms with Crippen molar-refractivity contribution in [3.63, 3.8) is 0 Å². The van der Waals surface area contributed by atoms with Crippen LogP contribution in [0.3, 0.4) is 0 Å². The van der Waals surface area contributed by atoms with Gasteiger partial charge >= 0.3 is 0 Å².